The van der Waals surface area contributed by atoms with Gasteiger partial charge in [-0.1, -0.05) is 6.07 Å². The molecule has 23 heavy (non-hydrogen) atoms. The van der Waals surface area contributed by atoms with Crippen molar-refractivity contribution in [3.8, 4) is 0 Å². The lowest BCUT2D eigenvalue weighted by Gasteiger charge is -2.09. The average Bonchev–Trinajstić information content (AvgIpc) is 3.18. The van der Waals surface area contributed by atoms with Crippen molar-refractivity contribution in [3.63, 3.8) is 0 Å². The molecule has 0 spiro atoms. The van der Waals surface area contributed by atoms with E-state index in [2.05, 4.69) is 4.99 Å². The fourth-order valence-corrected chi connectivity index (χ4v) is 2.90. The van der Waals surface area contributed by atoms with E-state index in [9.17, 15) is 22.4 Å². The lowest BCUT2D eigenvalue weighted by Crippen LogP contribution is -2.18. The molecule has 1 aliphatic rings. The summed E-state index contributed by atoms with van der Waals surface area (Å²) in [6, 6.07) is 2.61. The highest BCUT2D eigenvalue weighted by Gasteiger charge is 2.35. The summed E-state index contributed by atoms with van der Waals surface area (Å²) < 4.78 is 53.8. The van der Waals surface area contributed by atoms with Gasteiger partial charge in [-0.15, -0.1) is 11.3 Å². The van der Waals surface area contributed by atoms with Crippen molar-refractivity contribution in [3.05, 3.63) is 51.5 Å². The maximum absolute atomic E-state index is 14.0. The summed E-state index contributed by atoms with van der Waals surface area (Å²) in [4.78, 5) is 16.2. The van der Waals surface area contributed by atoms with Crippen molar-refractivity contribution in [1.82, 2.24) is 4.57 Å². The monoisotopic (exact) mass is 344 g/mol. The minimum Gasteiger partial charge on any atom is -0.323 e. The fraction of sp³-hybridized carbons (Fsp3) is 0.333. The number of amides is 1. The summed E-state index contributed by atoms with van der Waals surface area (Å²) in [7, 11) is 0. The normalized spacial score (nSPS) is 15.9. The highest BCUT2D eigenvalue weighted by atomic mass is 32.1. The van der Waals surface area contributed by atoms with Crippen molar-refractivity contribution in [2.24, 2.45) is 10.9 Å². The van der Waals surface area contributed by atoms with Crippen LogP contribution in [-0.2, 0) is 12.7 Å². The van der Waals surface area contributed by atoms with E-state index in [0.717, 1.165) is 25.0 Å². The van der Waals surface area contributed by atoms with Crippen LogP contribution in [0.2, 0.25) is 0 Å². The zero-order valence-corrected chi connectivity index (χ0v) is 12.6. The smallest absolute Gasteiger partial charge is 0.323 e. The number of aromatic nitrogens is 1. The predicted octanol–water partition coefficient (Wildman–Crippen LogP) is 3.86. The molecule has 3 rings (SSSR count). The molecular weight excluding hydrogens is 332 g/mol. The number of thiazole rings is 1. The summed E-state index contributed by atoms with van der Waals surface area (Å²) in [5, 5.41) is 1.73. The van der Waals surface area contributed by atoms with Gasteiger partial charge in [0.2, 0.25) is 0 Å². The van der Waals surface area contributed by atoms with Crippen LogP contribution in [0.1, 0.15) is 28.8 Å². The molecule has 0 unspecified atom stereocenters. The van der Waals surface area contributed by atoms with Crippen molar-refractivity contribution in [2.45, 2.75) is 25.6 Å². The van der Waals surface area contributed by atoms with Crippen LogP contribution < -0.4 is 4.80 Å². The van der Waals surface area contributed by atoms with Gasteiger partial charge in [0.05, 0.1) is 11.1 Å². The highest BCUT2D eigenvalue weighted by molar-refractivity contribution is 7.07. The van der Waals surface area contributed by atoms with E-state index in [4.69, 9.17) is 0 Å². The second kappa shape index (κ2) is 5.92. The lowest BCUT2D eigenvalue weighted by atomic mass is 10.1. The Balaban J connectivity index is 1.95. The van der Waals surface area contributed by atoms with Gasteiger partial charge in [0, 0.05) is 18.1 Å². The molecule has 0 saturated heterocycles. The van der Waals surface area contributed by atoms with E-state index in [-0.39, 0.29) is 0 Å². The number of halogens is 4. The number of alkyl halides is 3. The summed E-state index contributed by atoms with van der Waals surface area (Å²) in [6.45, 7) is 0.709. The van der Waals surface area contributed by atoms with Gasteiger partial charge in [-0.25, -0.2) is 4.39 Å². The largest absolute Gasteiger partial charge is 0.419 e. The third kappa shape index (κ3) is 3.52. The first-order valence-electron chi connectivity index (χ1n) is 6.95. The third-order valence-electron chi connectivity index (χ3n) is 3.54. The Bertz CT molecular complexity index is 802. The molecule has 0 bridgehead atoms. The van der Waals surface area contributed by atoms with Gasteiger partial charge in [-0.2, -0.15) is 18.2 Å². The first kappa shape index (κ1) is 15.9. The molecule has 1 aliphatic carbocycles. The number of carbonyl (C=O) groups excluding carboxylic acids is 1. The fourth-order valence-electron chi connectivity index (χ4n) is 2.17. The molecule has 1 saturated carbocycles. The molecule has 0 atom stereocenters. The number of hydrogen-bond donors (Lipinski definition) is 0. The number of benzene rings is 1. The topological polar surface area (TPSA) is 34.4 Å². The summed E-state index contributed by atoms with van der Waals surface area (Å²) in [6.07, 6.45) is -0.871. The summed E-state index contributed by atoms with van der Waals surface area (Å²) in [5.74, 6) is -2.05. The van der Waals surface area contributed by atoms with Crippen LogP contribution in [-0.4, -0.2) is 10.5 Å². The molecule has 1 heterocycles. The molecule has 3 nitrogen and oxygen atoms in total. The van der Waals surface area contributed by atoms with Crippen LogP contribution in [0.15, 0.2) is 34.8 Å². The van der Waals surface area contributed by atoms with E-state index in [1.165, 1.54) is 11.3 Å². The highest BCUT2D eigenvalue weighted by Crippen LogP contribution is 2.32. The van der Waals surface area contributed by atoms with E-state index < -0.39 is 29.0 Å². The molecule has 1 aromatic carbocycles. The van der Waals surface area contributed by atoms with Crippen molar-refractivity contribution >= 4 is 17.2 Å². The van der Waals surface area contributed by atoms with Gasteiger partial charge in [-0.05, 0) is 30.9 Å². The molecule has 8 heteroatoms. The number of rotatable bonds is 3. The molecule has 1 aromatic heterocycles. The van der Waals surface area contributed by atoms with E-state index >= 15 is 0 Å². The van der Waals surface area contributed by atoms with Crippen molar-refractivity contribution < 1.29 is 22.4 Å². The zero-order valence-electron chi connectivity index (χ0n) is 11.8. The Hall–Kier alpha value is -1.96. The predicted molar refractivity (Wildman–Crippen MR) is 76.3 cm³/mol. The van der Waals surface area contributed by atoms with E-state index in [0.29, 0.717) is 23.3 Å². The van der Waals surface area contributed by atoms with Crippen LogP contribution in [0.25, 0.3) is 0 Å². The number of carbonyl (C=O) groups is 1. The standard InChI is InChI=1S/C15H12F4N2OS/c16-12-10(2-1-3-11(12)15(17,18)19)13(22)20-14-21(6-7-23-14)8-9-4-5-9/h1-3,6-7,9H,4-5,8H2. The second-order valence-corrected chi connectivity index (χ2v) is 6.24. The quantitative estimate of drug-likeness (QED) is 0.779. The third-order valence-corrected chi connectivity index (χ3v) is 4.34. The molecule has 0 N–H and O–H groups in total. The van der Waals surface area contributed by atoms with E-state index in [1.807, 2.05) is 0 Å². The Morgan fingerprint density at radius 1 is 1.35 bits per heavy atom. The van der Waals surface area contributed by atoms with Crippen LogP contribution in [0, 0.1) is 11.7 Å². The molecular formula is C15H12F4N2OS. The van der Waals surface area contributed by atoms with Gasteiger partial charge in [0.1, 0.15) is 5.82 Å². The van der Waals surface area contributed by atoms with Crippen LogP contribution in [0.5, 0.6) is 0 Å². The van der Waals surface area contributed by atoms with Crippen LogP contribution in [0.3, 0.4) is 0 Å². The maximum Gasteiger partial charge on any atom is 0.419 e. The van der Waals surface area contributed by atoms with Gasteiger partial charge >= 0.3 is 6.18 Å². The first-order chi connectivity index (χ1) is 10.9. The lowest BCUT2D eigenvalue weighted by molar-refractivity contribution is -0.140. The number of hydrogen-bond acceptors (Lipinski definition) is 2. The van der Waals surface area contributed by atoms with Gasteiger partial charge in [0.15, 0.2) is 4.80 Å². The molecule has 0 radical (unpaired) electrons. The maximum atomic E-state index is 14.0. The van der Waals surface area contributed by atoms with Gasteiger partial charge in [0.25, 0.3) is 5.91 Å². The SMILES string of the molecule is O=C(N=c1sccn1CC1CC1)c1cccc(C(F)(F)F)c1F. The molecule has 2 aromatic rings. The average molecular weight is 344 g/mol. The summed E-state index contributed by atoms with van der Waals surface area (Å²) in [5.41, 5.74) is -2.14. The van der Waals surface area contributed by atoms with Gasteiger partial charge < -0.3 is 4.57 Å². The second-order valence-electron chi connectivity index (χ2n) is 5.36. The minimum absolute atomic E-state index is 0.360. The van der Waals surface area contributed by atoms with Crippen LogP contribution >= 0.6 is 11.3 Å². The Morgan fingerprint density at radius 2 is 2.09 bits per heavy atom. The van der Waals surface area contributed by atoms with Gasteiger partial charge in [-0.3, -0.25) is 4.79 Å². The first-order valence-corrected chi connectivity index (χ1v) is 7.83. The number of nitrogens with zero attached hydrogens (tertiary/aromatic N) is 2. The van der Waals surface area contributed by atoms with Crippen molar-refractivity contribution in [1.29, 1.82) is 0 Å². The minimum atomic E-state index is -4.85. The molecule has 0 aliphatic heterocycles. The Kier molecular flexibility index (Phi) is 4.09. The molecule has 1 amide bonds. The Labute approximate surface area is 132 Å². The summed E-state index contributed by atoms with van der Waals surface area (Å²) >= 11 is 1.19. The molecule has 1 fully saturated rings. The van der Waals surface area contributed by atoms with E-state index in [1.54, 1.807) is 16.1 Å². The Morgan fingerprint density at radius 3 is 2.74 bits per heavy atom. The zero-order chi connectivity index (χ0) is 16.6. The van der Waals surface area contributed by atoms with Crippen LogP contribution in [0.4, 0.5) is 17.6 Å². The van der Waals surface area contributed by atoms with Crippen molar-refractivity contribution in [2.75, 3.05) is 0 Å². The molecule has 122 valence electrons.